The SMILES string of the molecule is C=CC(=O)OCCCCCCn1cccc1.C=CC(=O)OCCCCCCn1ccnc1.FB(F)F.F[P-](F)(F)(F)(F)F.[F-]. The molecule has 44 heavy (non-hydrogen) atoms. The quantitative estimate of drug-likeness (QED) is 0.0528. The van der Waals surface area contributed by atoms with Crippen LogP contribution in [0.2, 0.25) is 0 Å². The van der Waals surface area contributed by atoms with Gasteiger partial charge in [0.05, 0.1) is 19.5 Å². The van der Waals surface area contributed by atoms with Crippen LogP contribution in [-0.4, -0.2) is 46.8 Å². The fraction of sp³-hybridized carbons (Fsp3) is 0.480. The van der Waals surface area contributed by atoms with E-state index < -0.39 is 15.4 Å². The minimum absolute atomic E-state index is 0. The Labute approximate surface area is 249 Å². The van der Waals surface area contributed by atoms with Gasteiger partial charge >= 0.3 is 52.5 Å². The Morgan fingerprint density at radius 3 is 1.41 bits per heavy atom. The second-order valence-corrected chi connectivity index (χ2v) is 10.4. The van der Waals surface area contributed by atoms with Crippen molar-refractivity contribution in [1.82, 2.24) is 14.1 Å². The number of halogens is 10. The molecule has 2 heterocycles. The van der Waals surface area contributed by atoms with Gasteiger partial charge in [-0.25, -0.2) is 14.6 Å². The summed E-state index contributed by atoms with van der Waals surface area (Å²) in [4.78, 5) is 25.4. The van der Waals surface area contributed by atoms with E-state index in [1.807, 2.05) is 24.7 Å². The van der Waals surface area contributed by atoms with Crippen molar-refractivity contribution >= 4 is 27.3 Å². The number of carbonyl (C=O) groups excluding carboxylic acids is 2. The average Bonchev–Trinajstić information content (AvgIpc) is 3.60. The normalized spacial score (nSPS) is 11.6. The molecule has 0 fully saturated rings. The summed E-state index contributed by atoms with van der Waals surface area (Å²) in [5.41, 5.74) is 0. The van der Waals surface area contributed by atoms with E-state index in [2.05, 4.69) is 39.7 Å². The van der Waals surface area contributed by atoms with Crippen molar-refractivity contribution in [3.8, 4) is 0 Å². The molecule has 0 saturated carbocycles. The summed E-state index contributed by atoms with van der Waals surface area (Å²) in [6.07, 6.45) is 20.8. The van der Waals surface area contributed by atoms with E-state index in [9.17, 15) is 47.7 Å². The fourth-order valence-electron chi connectivity index (χ4n) is 2.90. The van der Waals surface area contributed by atoms with Crippen LogP contribution in [0.25, 0.3) is 0 Å². The topological polar surface area (TPSA) is 75.3 Å². The number of hydrogen-bond acceptors (Lipinski definition) is 5. The molecule has 2 rings (SSSR count). The second kappa shape index (κ2) is 23.1. The molecule has 0 radical (unpaired) electrons. The van der Waals surface area contributed by atoms with E-state index >= 15 is 0 Å². The first-order valence-electron chi connectivity index (χ1n) is 13.0. The standard InChI is InChI=1S/C13H19NO2.C12H18N2O2.BF3.F6P.FH/c1-2-13(15)16-12-8-4-3-5-9-14-10-6-7-11-14;1-2-12(15)16-10-6-4-3-5-8-14-9-7-13-11-14;2-1(3)4;1-7(2,3,4,5)6;/h2,6-7,10-11H,1,3-5,8-9,12H2;2,7,9,11H,1,3-6,8,10H2;;;1H/q;;;-1;/p-1. The molecule has 0 N–H and O–H groups in total. The maximum absolute atomic E-state index is 10.7. The van der Waals surface area contributed by atoms with E-state index in [-0.39, 0.29) is 16.6 Å². The second-order valence-electron chi connectivity index (χ2n) is 8.50. The summed E-state index contributed by atoms with van der Waals surface area (Å²) in [7, 11) is -14.3. The molecule has 0 saturated heterocycles. The van der Waals surface area contributed by atoms with Crippen molar-refractivity contribution in [3.05, 3.63) is 68.6 Å². The Bertz CT molecular complexity index is 934. The molecule has 2 aromatic heterocycles. The first-order chi connectivity index (χ1) is 19.8. The number of imidazole rings is 1. The van der Waals surface area contributed by atoms with Crippen LogP contribution >= 0.6 is 7.81 Å². The average molecular weight is 675 g/mol. The van der Waals surface area contributed by atoms with Gasteiger partial charge < -0.3 is 23.3 Å². The number of aromatic nitrogens is 3. The molecule has 0 unspecified atom stereocenters. The van der Waals surface area contributed by atoms with Gasteiger partial charge in [-0.15, -0.1) is 0 Å². The van der Waals surface area contributed by atoms with Crippen LogP contribution in [0.4, 0.5) is 38.1 Å². The molecule has 0 amide bonds. The maximum atomic E-state index is 10.7. The van der Waals surface area contributed by atoms with Crippen molar-refractivity contribution in [3.63, 3.8) is 0 Å². The molecule has 0 spiro atoms. The van der Waals surface area contributed by atoms with Crippen molar-refractivity contribution in [2.75, 3.05) is 13.2 Å². The number of unbranched alkanes of at least 4 members (excludes halogenated alkanes) is 6. The van der Waals surface area contributed by atoms with Gasteiger partial charge in [-0.05, 0) is 50.7 Å². The maximum Gasteiger partial charge on any atom is -1.00 e. The van der Waals surface area contributed by atoms with Crippen molar-refractivity contribution in [2.45, 2.75) is 64.5 Å². The largest absolute Gasteiger partial charge is 1.00 e. The zero-order valence-corrected chi connectivity index (χ0v) is 24.8. The van der Waals surface area contributed by atoms with Crippen molar-refractivity contribution < 1.29 is 61.9 Å². The summed E-state index contributed by atoms with van der Waals surface area (Å²) < 4.78 is 102. The van der Waals surface area contributed by atoms with Crippen LogP contribution in [0.5, 0.6) is 0 Å². The van der Waals surface area contributed by atoms with Gasteiger partial charge in [-0.2, -0.15) is 0 Å². The molecule has 0 aliphatic carbocycles. The van der Waals surface area contributed by atoms with Crippen LogP contribution in [0, 0.1) is 0 Å². The van der Waals surface area contributed by atoms with E-state index in [1.54, 1.807) is 6.20 Å². The Balaban J connectivity index is -0.000000566. The molecular formula is C25H37BF10N3O4P-2. The van der Waals surface area contributed by atoms with Crippen LogP contribution in [0.1, 0.15) is 51.4 Å². The third-order valence-electron chi connectivity index (χ3n) is 4.67. The van der Waals surface area contributed by atoms with Gasteiger partial charge in [0.2, 0.25) is 0 Å². The number of rotatable bonds is 16. The summed E-state index contributed by atoms with van der Waals surface area (Å²) in [6, 6.07) is 4.07. The molecule has 0 aliphatic rings. The monoisotopic (exact) mass is 675 g/mol. The predicted molar refractivity (Wildman–Crippen MR) is 149 cm³/mol. The number of hydrogen-bond donors (Lipinski definition) is 0. The van der Waals surface area contributed by atoms with Crippen molar-refractivity contribution in [2.24, 2.45) is 0 Å². The van der Waals surface area contributed by atoms with E-state index in [4.69, 9.17) is 9.47 Å². The zero-order chi connectivity index (χ0) is 33.3. The van der Waals surface area contributed by atoms with Crippen LogP contribution in [0.15, 0.2) is 68.6 Å². The van der Waals surface area contributed by atoms with Crippen LogP contribution in [0.3, 0.4) is 0 Å². The van der Waals surface area contributed by atoms with Gasteiger partial charge in [0.25, 0.3) is 0 Å². The Morgan fingerprint density at radius 1 is 0.705 bits per heavy atom. The molecule has 0 aliphatic heterocycles. The first kappa shape index (κ1) is 45.1. The van der Waals surface area contributed by atoms with E-state index in [0.29, 0.717) is 13.2 Å². The molecule has 7 nitrogen and oxygen atoms in total. The third kappa shape index (κ3) is 45.7. The molecule has 2 aromatic rings. The summed E-state index contributed by atoms with van der Waals surface area (Å²) in [5, 5.41) is 0. The molecule has 0 atom stereocenters. The summed E-state index contributed by atoms with van der Waals surface area (Å²) >= 11 is 0. The van der Waals surface area contributed by atoms with Gasteiger partial charge in [-0.1, -0.05) is 26.0 Å². The summed E-state index contributed by atoms with van der Waals surface area (Å²) in [5.74, 6) is -0.661. The predicted octanol–water partition coefficient (Wildman–Crippen LogP) is 6.22. The fourth-order valence-corrected chi connectivity index (χ4v) is 2.90. The van der Waals surface area contributed by atoms with E-state index in [0.717, 1.165) is 51.6 Å². The molecule has 0 bridgehead atoms. The first-order valence-corrected chi connectivity index (χ1v) is 15.0. The van der Waals surface area contributed by atoms with Gasteiger partial charge in [0.15, 0.2) is 0 Å². The zero-order valence-electron chi connectivity index (χ0n) is 23.9. The number of aryl methyl sites for hydroxylation is 2. The van der Waals surface area contributed by atoms with Gasteiger partial charge in [-0.3, -0.25) is 12.9 Å². The molecule has 256 valence electrons. The number of ether oxygens (including phenoxy) is 2. The van der Waals surface area contributed by atoms with Crippen LogP contribution < -0.4 is 4.70 Å². The van der Waals surface area contributed by atoms with Crippen molar-refractivity contribution in [1.29, 1.82) is 0 Å². The molecule has 19 heteroatoms. The summed E-state index contributed by atoms with van der Waals surface area (Å²) in [6.45, 7) is 9.75. The number of nitrogens with zero attached hydrogens (tertiary/aromatic N) is 3. The van der Waals surface area contributed by atoms with Crippen LogP contribution in [-0.2, 0) is 32.2 Å². The molecule has 0 aromatic carbocycles. The number of carbonyl (C=O) groups is 2. The Morgan fingerprint density at radius 2 is 1.07 bits per heavy atom. The smallest absolute Gasteiger partial charge is 1.00 e. The minimum atomic E-state index is -10.7. The Hall–Kier alpha value is -3.30. The van der Waals surface area contributed by atoms with Gasteiger partial charge in [0.1, 0.15) is 0 Å². The van der Waals surface area contributed by atoms with Gasteiger partial charge in [0, 0.05) is 50.0 Å². The Kier molecular flexibility index (Phi) is 23.7. The van der Waals surface area contributed by atoms with E-state index in [1.165, 1.54) is 25.0 Å². The number of esters is 2. The minimum Gasteiger partial charge on any atom is -1.00 e. The third-order valence-corrected chi connectivity index (χ3v) is 4.67. The molecular weight excluding hydrogens is 638 g/mol.